The van der Waals surface area contributed by atoms with Crippen LogP contribution in [0, 0.1) is 6.92 Å². The molecule has 0 bridgehead atoms. The number of hydrogen-bond acceptors (Lipinski definition) is 5. The first-order valence-corrected chi connectivity index (χ1v) is 6.92. The van der Waals surface area contributed by atoms with Crippen LogP contribution in [0.4, 0.5) is 5.82 Å². The second-order valence-corrected chi connectivity index (χ2v) is 5.17. The maximum absolute atomic E-state index is 11.6. The molecule has 0 aliphatic carbocycles. The average molecular weight is 287 g/mol. The highest BCUT2D eigenvalue weighted by atomic mass is 16.4. The summed E-state index contributed by atoms with van der Waals surface area (Å²) in [7, 11) is 0. The van der Waals surface area contributed by atoms with Crippen molar-refractivity contribution >= 4 is 11.8 Å². The standard InChI is InChI=1S/C14H17N5O2/c1-3-18-8-15-11-7-19(6-10(13(11)18)14(20)21)12-5-4-9(2)16-17-12/h4-5,8,10H,3,6-7H2,1-2H3,(H,20,21). The molecule has 110 valence electrons. The fourth-order valence-corrected chi connectivity index (χ4v) is 2.69. The molecule has 7 heteroatoms. The lowest BCUT2D eigenvalue weighted by molar-refractivity contribution is -0.138. The summed E-state index contributed by atoms with van der Waals surface area (Å²) in [5.74, 6) is -0.751. The highest BCUT2D eigenvalue weighted by Crippen LogP contribution is 2.30. The van der Waals surface area contributed by atoms with Crippen molar-refractivity contribution in [2.75, 3.05) is 11.4 Å². The van der Waals surface area contributed by atoms with E-state index in [4.69, 9.17) is 0 Å². The van der Waals surface area contributed by atoms with Crippen LogP contribution in [0.3, 0.4) is 0 Å². The molecule has 0 amide bonds. The van der Waals surface area contributed by atoms with Crippen molar-refractivity contribution in [1.29, 1.82) is 0 Å². The summed E-state index contributed by atoms with van der Waals surface area (Å²) in [4.78, 5) is 17.9. The predicted molar refractivity (Wildman–Crippen MR) is 76.1 cm³/mol. The number of carbonyl (C=O) groups is 1. The second-order valence-electron chi connectivity index (χ2n) is 5.17. The molecule has 1 atom stereocenters. The van der Waals surface area contributed by atoms with Crippen molar-refractivity contribution in [1.82, 2.24) is 19.7 Å². The fourth-order valence-electron chi connectivity index (χ4n) is 2.69. The van der Waals surface area contributed by atoms with Gasteiger partial charge in [0, 0.05) is 13.1 Å². The zero-order valence-electron chi connectivity index (χ0n) is 12.0. The maximum atomic E-state index is 11.6. The van der Waals surface area contributed by atoms with E-state index in [0.717, 1.165) is 23.6 Å². The molecular weight excluding hydrogens is 270 g/mol. The molecule has 0 saturated heterocycles. The van der Waals surface area contributed by atoms with Gasteiger partial charge in [-0.25, -0.2) is 4.98 Å². The second kappa shape index (κ2) is 5.16. The largest absolute Gasteiger partial charge is 0.481 e. The van der Waals surface area contributed by atoms with Gasteiger partial charge in [0.1, 0.15) is 5.92 Å². The molecule has 3 rings (SSSR count). The van der Waals surface area contributed by atoms with E-state index in [1.165, 1.54) is 0 Å². The van der Waals surface area contributed by atoms with Crippen molar-refractivity contribution in [2.24, 2.45) is 0 Å². The first-order chi connectivity index (χ1) is 10.1. The molecule has 1 aliphatic rings. The summed E-state index contributed by atoms with van der Waals surface area (Å²) in [6.07, 6.45) is 1.71. The third kappa shape index (κ3) is 2.35. The van der Waals surface area contributed by atoms with Crippen LogP contribution in [0.25, 0.3) is 0 Å². The summed E-state index contributed by atoms with van der Waals surface area (Å²) in [5.41, 5.74) is 2.45. The zero-order valence-corrected chi connectivity index (χ0v) is 12.0. The molecule has 1 unspecified atom stereocenters. The van der Waals surface area contributed by atoms with Crippen LogP contribution in [-0.4, -0.2) is 37.4 Å². The van der Waals surface area contributed by atoms with Gasteiger partial charge in [0.2, 0.25) is 0 Å². The Balaban J connectivity index is 1.98. The molecule has 2 aromatic heterocycles. The third-order valence-corrected chi connectivity index (χ3v) is 3.78. The Kier molecular flexibility index (Phi) is 3.32. The molecule has 21 heavy (non-hydrogen) atoms. The molecule has 0 radical (unpaired) electrons. The number of nitrogens with zero attached hydrogens (tertiary/aromatic N) is 5. The van der Waals surface area contributed by atoms with E-state index in [0.29, 0.717) is 18.9 Å². The van der Waals surface area contributed by atoms with Crippen LogP contribution >= 0.6 is 0 Å². The molecule has 1 aliphatic heterocycles. The first kappa shape index (κ1) is 13.5. The monoisotopic (exact) mass is 287 g/mol. The van der Waals surface area contributed by atoms with E-state index in [1.807, 2.05) is 35.4 Å². The lowest BCUT2D eigenvalue weighted by Crippen LogP contribution is -2.38. The molecule has 0 aromatic carbocycles. The van der Waals surface area contributed by atoms with Crippen molar-refractivity contribution < 1.29 is 9.90 Å². The minimum Gasteiger partial charge on any atom is -0.481 e. The molecule has 1 N–H and O–H groups in total. The number of imidazole rings is 1. The number of aryl methyl sites for hydroxylation is 2. The predicted octanol–water partition coefficient (Wildman–Crippen LogP) is 1.19. The summed E-state index contributed by atoms with van der Waals surface area (Å²) in [5, 5.41) is 17.7. The van der Waals surface area contributed by atoms with Crippen LogP contribution in [0.15, 0.2) is 18.5 Å². The van der Waals surface area contributed by atoms with Gasteiger partial charge < -0.3 is 14.6 Å². The number of rotatable bonds is 3. The van der Waals surface area contributed by atoms with Crippen molar-refractivity contribution in [2.45, 2.75) is 32.9 Å². The molecule has 0 spiro atoms. The van der Waals surface area contributed by atoms with Gasteiger partial charge in [-0.15, -0.1) is 5.10 Å². The molecule has 2 aromatic rings. The Morgan fingerprint density at radius 1 is 1.43 bits per heavy atom. The Morgan fingerprint density at radius 3 is 2.86 bits per heavy atom. The lowest BCUT2D eigenvalue weighted by Gasteiger charge is -2.31. The number of hydrogen-bond donors (Lipinski definition) is 1. The Bertz CT molecular complexity index is 665. The highest BCUT2D eigenvalue weighted by Gasteiger charge is 2.34. The molecule has 0 fully saturated rings. The first-order valence-electron chi connectivity index (χ1n) is 6.92. The van der Waals surface area contributed by atoms with E-state index in [2.05, 4.69) is 15.2 Å². The lowest BCUT2D eigenvalue weighted by atomic mass is 9.98. The maximum Gasteiger partial charge on any atom is 0.314 e. The van der Waals surface area contributed by atoms with Gasteiger partial charge in [-0.3, -0.25) is 4.79 Å². The van der Waals surface area contributed by atoms with Crippen LogP contribution < -0.4 is 4.90 Å². The average Bonchev–Trinajstić information content (AvgIpc) is 2.89. The highest BCUT2D eigenvalue weighted by molar-refractivity contribution is 5.77. The number of carboxylic acid groups (broad SMARTS) is 1. The smallest absolute Gasteiger partial charge is 0.314 e. The minimum atomic E-state index is -0.837. The van der Waals surface area contributed by atoms with Crippen molar-refractivity contribution in [3.05, 3.63) is 35.5 Å². The van der Waals surface area contributed by atoms with Gasteiger partial charge in [0.15, 0.2) is 5.82 Å². The van der Waals surface area contributed by atoms with Crippen LogP contribution in [0.2, 0.25) is 0 Å². The third-order valence-electron chi connectivity index (χ3n) is 3.78. The minimum absolute atomic E-state index is 0.381. The molecule has 0 saturated carbocycles. The van der Waals surface area contributed by atoms with Gasteiger partial charge in [-0.2, -0.15) is 5.10 Å². The van der Waals surface area contributed by atoms with Crippen molar-refractivity contribution in [3.63, 3.8) is 0 Å². The van der Waals surface area contributed by atoms with Gasteiger partial charge in [-0.05, 0) is 26.0 Å². The number of aliphatic carboxylic acids is 1. The summed E-state index contributed by atoms with van der Waals surface area (Å²) < 4.78 is 1.91. The molecule has 3 heterocycles. The number of carboxylic acids is 1. The zero-order chi connectivity index (χ0) is 15.0. The SMILES string of the molecule is CCn1cnc2c1C(C(=O)O)CN(c1ccc(C)nn1)C2. The Hall–Kier alpha value is -2.44. The molecule has 7 nitrogen and oxygen atoms in total. The molecular formula is C14H17N5O2. The summed E-state index contributed by atoms with van der Waals surface area (Å²) in [6.45, 7) is 5.51. The van der Waals surface area contributed by atoms with E-state index in [-0.39, 0.29) is 0 Å². The fraction of sp³-hybridized carbons (Fsp3) is 0.429. The number of aromatic nitrogens is 4. The summed E-state index contributed by atoms with van der Waals surface area (Å²) >= 11 is 0. The van der Waals surface area contributed by atoms with Crippen LogP contribution in [0.5, 0.6) is 0 Å². The van der Waals surface area contributed by atoms with Gasteiger partial charge >= 0.3 is 5.97 Å². The topological polar surface area (TPSA) is 84.1 Å². The van der Waals surface area contributed by atoms with Gasteiger partial charge in [0.25, 0.3) is 0 Å². The summed E-state index contributed by atoms with van der Waals surface area (Å²) in [6, 6.07) is 3.74. The van der Waals surface area contributed by atoms with E-state index < -0.39 is 11.9 Å². The normalized spacial score (nSPS) is 17.6. The Labute approximate surface area is 122 Å². The van der Waals surface area contributed by atoms with Crippen LogP contribution in [-0.2, 0) is 17.9 Å². The Morgan fingerprint density at radius 2 is 2.24 bits per heavy atom. The van der Waals surface area contributed by atoms with E-state index >= 15 is 0 Å². The van der Waals surface area contributed by atoms with Crippen LogP contribution in [0.1, 0.15) is 29.9 Å². The van der Waals surface area contributed by atoms with Gasteiger partial charge in [-0.1, -0.05) is 0 Å². The quantitative estimate of drug-likeness (QED) is 0.913. The van der Waals surface area contributed by atoms with Gasteiger partial charge in [0.05, 0.1) is 30.0 Å². The van der Waals surface area contributed by atoms with E-state index in [1.54, 1.807) is 6.33 Å². The van der Waals surface area contributed by atoms with Crippen molar-refractivity contribution in [3.8, 4) is 0 Å². The number of anilines is 1. The number of fused-ring (bicyclic) bond motifs is 1. The van der Waals surface area contributed by atoms with E-state index in [9.17, 15) is 9.90 Å².